The van der Waals surface area contributed by atoms with Crippen molar-refractivity contribution in [1.29, 1.82) is 0 Å². The molecule has 0 bridgehead atoms. The smallest absolute Gasteiger partial charge is 0.191 e. The number of benzene rings is 1. The highest BCUT2D eigenvalue weighted by molar-refractivity contribution is 14.0. The molecule has 0 aliphatic rings. The molecule has 0 unspecified atom stereocenters. The summed E-state index contributed by atoms with van der Waals surface area (Å²) < 4.78 is 10.6. The van der Waals surface area contributed by atoms with Crippen molar-refractivity contribution in [3.8, 4) is 11.5 Å². The average molecular weight is 503 g/mol. The lowest BCUT2D eigenvalue weighted by Gasteiger charge is -2.12. The van der Waals surface area contributed by atoms with Crippen molar-refractivity contribution in [2.75, 3.05) is 27.3 Å². The van der Waals surface area contributed by atoms with Gasteiger partial charge in [-0.1, -0.05) is 6.07 Å². The second kappa shape index (κ2) is 12.8. The number of rotatable bonds is 9. The van der Waals surface area contributed by atoms with Gasteiger partial charge in [0.05, 0.1) is 20.8 Å². The number of guanidine groups is 1. The monoisotopic (exact) mass is 503 g/mol. The first kappa shape index (κ1) is 23.6. The van der Waals surface area contributed by atoms with E-state index in [1.807, 2.05) is 12.1 Å². The maximum Gasteiger partial charge on any atom is 0.191 e. The Morgan fingerprint density at radius 1 is 1.11 bits per heavy atom. The SMILES string of the molecule is CCNC(=NCc1sccc1C)NCCCc1ccc(OC)c(OC)c1.I. The van der Waals surface area contributed by atoms with Crippen molar-refractivity contribution in [3.63, 3.8) is 0 Å². The van der Waals surface area contributed by atoms with Gasteiger partial charge in [-0.2, -0.15) is 0 Å². The first-order valence-electron chi connectivity index (χ1n) is 8.94. The van der Waals surface area contributed by atoms with Gasteiger partial charge in [-0.15, -0.1) is 35.3 Å². The fourth-order valence-electron chi connectivity index (χ4n) is 2.59. The molecular weight excluding hydrogens is 473 g/mol. The lowest BCUT2D eigenvalue weighted by atomic mass is 10.1. The van der Waals surface area contributed by atoms with Crippen LogP contribution in [0, 0.1) is 6.92 Å². The van der Waals surface area contributed by atoms with E-state index in [1.165, 1.54) is 16.0 Å². The van der Waals surface area contributed by atoms with Gasteiger partial charge in [0.1, 0.15) is 0 Å². The molecule has 2 aromatic rings. The predicted octanol–water partition coefficient (Wildman–Crippen LogP) is 4.38. The molecule has 2 rings (SSSR count). The molecular formula is C20H30IN3O2S. The Hall–Kier alpha value is -1.48. The molecule has 7 heteroatoms. The van der Waals surface area contributed by atoms with E-state index >= 15 is 0 Å². The molecule has 0 atom stereocenters. The molecule has 0 fully saturated rings. The number of nitrogens with one attached hydrogen (secondary N) is 2. The van der Waals surface area contributed by atoms with Crippen molar-refractivity contribution in [2.24, 2.45) is 4.99 Å². The largest absolute Gasteiger partial charge is 0.493 e. The minimum atomic E-state index is 0. The minimum Gasteiger partial charge on any atom is -0.493 e. The number of halogens is 1. The van der Waals surface area contributed by atoms with Crippen LogP contribution in [0.4, 0.5) is 0 Å². The summed E-state index contributed by atoms with van der Waals surface area (Å²) in [5, 5.41) is 8.83. The van der Waals surface area contributed by atoms with Crippen LogP contribution in [0.3, 0.4) is 0 Å². The minimum absolute atomic E-state index is 0. The van der Waals surface area contributed by atoms with E-state index in [0.717, 1.165) is 43.4 Å². The van der Waals surface area contributed by atoms with Gasteiger partial charge in [0.15, 0.2) is 17.5 Å². The normalized spacial score (nSPS) is 10.9. The fourth-order valence-corrected chi connectivity index (χ4v) is 3.42. The van der Waals surface area contributed by atoms with Gasteiger partial charge in [-0.25, -0.2) is 4.99 Å². The number of hydrogen-bond acceptors (Lipinski definition) is 4. The number of thiophene rings is 1. The summed E-state index contributed by atoms with van der Waals surface area (Å²) in [4.78, 5) is 5.99. The predicted molar refractivity (Wildman–Crippen MR) is 125 cm³/mol. The van der Waals surface area contributed by atoms with Gasteiger partial charge < -0.3 is 20.1 Å². The molecule has 5 nitrogen and oxygen atoms in total. The van der Waals surface area contributed by atoms with Crippen LogP contribution in [-0.4, -0.2) is 33.3 Å². The Morgan fingerprint density at radius 3 is 2.52 bits per heavy atom. The van der Waals surface area contributed by atoms with E-state index in [9.17, 15) is 0 Å². The summed E-state index contributed by atoms with van der Waals surface area (Å²) in [5.74, 6) is 2.41. The van der Waals surface area contributed by atoms with Crippen LogP contribution in [-0.2, 0) is 13.0 Å². The lowest BCUT2D eigenvalue weighted by Crippen LogP contribution is -2.37. The molecule has 0 spiro atoms. The molecule has 0 radical (unpaired) electrons. The number of hydrogen-bond donors (Lipinski definition) is 2. The highest BCUT2D eigenvalue weighted by atomic mass is 127. The average Bonchev–Trinajstić information content (AvgIpc) is 3.07. The molecule has 2 N–H and O–H groups in total. The summed E-state index contributed by atoms with van der Waals surface area (Å²) in [6, 6.07) is 8.22. The van der Waals surface area contributed by atoms with E-state index in [2.05, 4.69) is 47.0 Å². The Bertz CT molecular complexity index is 719. The van der Waals surface area contributed by atoms with Crippen LogP contribution in [0.25, 0.3) is 0 Å². The zero-order valence-electron chi connectivity index (χ0n) is 16.5. The van der Waals surface area contributed by atoms with Crippen molar-refractivity contribution in [1.82, 2.24) is 10.6 Å². The summed E-state index contributed by atoms with van der Waals surface area (Å²) in [6.45, 7) is 6.64. The van der Waals surface area contributed by atoms with E-state index < -0.39 is 0 Å². The van der Waals surface area contributed by atoms with Crippen LogP contribution in [0.1, 0.15) is 29.3 Å². The van der Waals surface area contributed by atoms with E-state index in [1.54, 1.807) is 25.6 Å². The third-order valence-electron chi connectivity index (χ3n) is 4.08. The van der Waals surface area contributed by atoms with Crippen LogP contribution in [0.2, 0.25) is 0 Å². The number of nitrogens with zero attached hydrogens (tertiary/aromatic N) is 1. The number of methoxy groups -OCH3 is 2. The van der Waals surface area contributed by atoms with Crippen molar-refractivity contribution in [2.45, 2.75) is 33.2 Å². The zero-order valence-corrected chi connectivity index (χ0v) is 19.6. The maximum atomic E-state index is 5.36. The van der Waals surface area contributed by atoms with Crippen LogP contribution in [0.5, 0.6) is 11.5 Å². The van der Waals surface area contributed by atoms with Gasteiger partial charge in [0, 0.05) is 18.0 Å². The van der Waals surface area contributed by atoms with Crippen molar-refractivity contribution >= 4 is 41.3 Å². The summed E-state index contributed by atoms with van der Waals surface area (Å²) in [7, 11) is 3.32. The third-order valence-corrected chi connectivity index (χ3v) is 5.08. The maximum absolute atomic E-state index is 5.36. The standard InChI is InChI=1S/C20H29N3O2S.HI/c1-5-21-20(23-14-19-15(2)10-12-26-19)22-11-6-7-16-8-9-17(24-3)18(13-16)25-4;/h8-10,12-13H,5-7,11,14H2,1-4H3,(H2,21,22,23);1H. The molecule has 150 valence electrons. The summed E-state index contributed by atoms with van der Waals surface area (Å²) in [5.41, 5.74) is 2.55. The van der Waals surface area contributed by atoms with Gasteiger partial charge in [0.2, 0.25) is 0 Å². The first-order chi connectivity index (χ1) is 12.7. The molecule has 0 amide bonds. The molecule has 27 heavy (non-hydrogen) atoms. The second-order valence-electron chi connectivity index (χ2n) is 5.94. The molecule has 1 aromatic heterocycles. The Balaban J connectivity index is 0.00000364. The molecule has 1 heterocycles. The Labute approximate surface area is 183 Å². The van der Waals surface area contributed by atoms with Gasteiger partial charge in [-0.3, -0.25) is 0 Å². The van der Waals surface area contributed by atoms with Crippen LogP contribution >= 0.6 is 35.3 Å². The van der Waals surface area contributed by atoms with Gasteiger partial charge in [0.25, 0.3) is 0 Å². The van der Waals surface area contributed by atoms with E-state index in [-0.39, 0.29) is 24.0 Å². The third kappa shape index (κ3) is 7.57. The Kier molecular flexibility index (Phi) is 11.2. The number of ether oxygens (including phenoxy) is 2. The molecule has 0 saturated carbocycles. The van der Waals surface area contributed by atoms with Crippen molar-refractivity contribution in [3.05, 3.63) is 45.6 Å². The molecule has 1 aromatic carbocycles. The fraction of sp³-hybridized carbons (Fsp3) is 0.450. The Morgan fingerprint density at radius 2 is 1.89 bits per heavy atom. The van der Waals surface area contributed by atoms with Gasteiger partial charge >= 0.3 is 0 Å². The number of aliphatic imine (C=N–C) groups is 1. The molecule has 0 saturated heterocycles. The quantitative estimate of drug-likeness (QED) is 0.231. The first-order valence-corrected chi connectivity index (χ1v) is 9.82. The van der Waals surface area contributed by atoms with E-state index in [4.69, 9.17) is 9.47 Å². The summed E-state index contributed by atoms with van der Waals surface area (Å²) >= 11 is 1.76. The highest BCUT2D eigenvalue weighted by Crippen LogP contribution is 2.27. The van der Waals surface area contributed by atoms with Crippen molar-refractivity contribution < 1.29 is 9.47 Å². The topological polar surface area (TPSA) is 54.9 Å². The van der Waals surface area contributed by atoms with Gasteiger partial charge in [-0.05, 0) is 61.4 Å². The van der Waals surface area contributed by atoms with Crippen LogP contribution < -0.4 is 20.1 Å². The lowest BCUT2D eigenvalue weighted by molar-refractivity contribution is 0.354. The highest BCUT2D eigenvalue weighted by Gasteiger charge is 2.05. The summed E-state index contributed by atoms with van der Waals surface area (Å²) in [6.07, 6.45) is 1.98. The van der Waals surface area contributed by atoms with E-state index in [0.29, 0.717) is 6.54 Å². The molecule has 0 aliphatic carbocycles. The molecule has 0 aliphatic heterocycles. The van der Waals surface area contributed by atoms with Crippen LogP contribution in [0.15, 0.2) is 34.6 Å². The second-order valence-corrected chi connectivity index (χ2v) is 6.94. The number of aryl methyl sites for hydroxylation is 2. The zero-order chi connectivity index (χ0) is 18.8.